The van der Waals surface area contributed by atoms with Crippen molar-refractivity contribution in [1.29, 1.82) is 0 Å². The van der Waals surface area contributed by atoms with Gasteiger partial charge in [-0.15, -0.1) is 0 Å². The Hall–Kier alpha value is -0.160. The van der Waals surface area contributed by atoms with Crippen LogP contribution in [0.25, 0.3) is 0 Å². The zero-order valence-corrected chi connectivity index (χ0v) is 9.61. The highest BCUT2D eigenvalue weighted by molar-refractivity contribution is 4.85. The number of likely N-dealkylation sites (tertiary alicyclic amines) is 1. The Morgan fingerprint density at radius 2 is 2.47 bits per heavy atom. The molecule has 0 bridgehead atoms. The Labute approximate surface area is 92.1 Å². The molecule has 15 heavy (non-hydrogen) atoms. The van der Waals surface area contributed by atoms with Crippen molar-refractivity contribution >= 4 is 0 Å². The van der Waals surface area contributed by atoms with Crippen molar-refractivity contribution in [3.05, 3.63) is 0 Å². The van der Waals surface area contributed by atoms with Gasteiger partial charge in [-0.2, -0.15) is 0 Å². The number of nitrogens with two attached hydrogens (primary N) is 1. The predicted molar refractivity (Wildman–Crippen MR) is 60.8 cm³/mol. The average molecular weight is 213 g/mol. The van der Waals surface area contributed by atoms with Crippen LogP contribution in [0.4, 0.5) is 0 Å². The molecule has 2 heterocycles. The van der Waals surface area contributed by atoms with Crippen molar-refractivity contribution < 1.29 is 4.74 Å². The molecule has 4 nitrogen and oxygen atoms in total. The molecular weight excluding hydrogens is 190 g/mol. The van der Waals surface area contributed by atoms with Gasteiger partial charge in [-0.3, -0.25) is 0 Å². The van der Waals surface area contributed by atoms with Gasteiger partial charge in [0.2, 0.25) is 0 Å². The third-order valence-electron chi connectivity index (χ3n) is 3.59. The summed E-state index contributed by atoms with van der Waals surface area (Å²) in [4.78, 5) is 2.37. The Kier molecular flexibility index (Phi) is 3.97. The Bertz CT molecular complexity index is 194. The van der Waals surface area contributed by atoms with Gasteiger partial charge in [0.1, 0.15) is 0 Å². The number of rotatable bonds is 3. The van der Waals surface area contributed by atoms with E-state index in [1.54, 1.807) is 0 Å². The van der Waals surface area contributed by atoms with Gasteiger partial charge in [-0.1, -0.05) is 0 Å². The fourth-order valence-corrected chi connectivity index (χ4v) is 2.61. The summed E-state index contributed by atoms with van der Waals surface area (Å²) in [5.74, 6) is 0.679. The number of ether oxygens (including phenoxy) is 1. The van der Waals surface area contributed by atoms with Crippen LogP contribution in [-0.2, 0) is 4.74 Å². The molecule has 0 aromatic heterocycles. The molecule has 88 valence electrons. The molecule has 2 aliphatic heterocycles. The van der Waals surface area contributed by atoms with Crippen molar-refractivity contribution in [2.45, 2.75) is 24.9 Å². The van der Waals surface area contributed by atoms with Crippen LogP contribution >= 0.6 is 0 Å². The molecule has 0 radical (unpaired) electrons. The lowest BCUT2D eigenvalue weighted by atomic mass is 9.93. The molecule has 0 aliphatic carbocycles. The van der Waals surface area contributed by atoms with E-state index < -0.39 is 0 Å². The maximum Gasteiger partial charge on any atom is 0.0620 e. The molecule has 2 fully saturated rings. The molecule has 2 rings (SSSR count). The van der Waals surface area contributed by atoms with Crippen LogP contribution in [0.5, 0.6) is 0 Å². The van der Waals surface area contributed by atoms with Crippen LogP contribution < -0.4 is 11.1 Å². The van der Waals surface area contributed by atoms with Gasteiger partial charge in [0, 0.05) is 25.2 Å². The number of nitrogens with one attached hydrogen (secondary N) is 1. The summed E-state index contributed by atoms with van der Waals surface area (Å²) in [5.41, 5.74) is 6.25. The SMILES string of the molecule is CN1CCC(C(N)CC2COCCN2)C1. The van der Waals surface area contributed by atoms with Crippen LogP contribution in [0, 0.1) is 5.92 Å². The summed E-state index contributed by atoms with van der Waals surface area (Å²) in [6, 6.07) is 0.800. The van der Waals surface area contributed by atoms with Gasteiger partial charge in [-0.05, 0) is 32.4 Å². The summed E-state index contributed by atoms with van der Waals surface area (Å²) in [5, 5.41) is 3.47. The quantitative estimate of drug-likeness (QED) is 0.672. The second-order valence-corrected chi connectivity index (χ2v) is 4.94. The smallest absolute Gasteiger partial charge is 0.0620 e. The lowest BCUT2D eigenvalue weighted by Gasteiger charge is -2.28. The topological polar surface area (TPSA) is 50.5 Å². The van der Waals surface area contributed by atoms with Crippen molar-refractivity contribution in [3.63, 3.8) is 0 Å². The summed E-state index contributed by atoms with van der Waals surface area (Å²) in [6.07, 6.45) is 2.31. The van der Waals surface area contributed by atoms with Crippen molar-refractivity contribution in [2.24, 2.45) is 11.7 Å². The molecule has 3 atom stereocenters. The Morgan fingerprint density at radius 1 is 1.60 bits per heavy atom. The molecule has 0 saturated carbocycles. The molecule has 4 heteroatoms. The normalized spacial score (nSPS) is 35.6. The van der Waals surface area contributed by atoms with E-state index in [0.717, 1.165) is 32.7 Å². The van der Waals surface area contributed by atoms with E-state index in [0.29, 0.717) is 18.0 Å². The van der Waals surface area contributed by atoms with Gasteiger partial charge in [0.25, 0.3) is 0 Å². The zero-order valence-electron chi connectivity index (χ0n) is 9.61. The molecule has 0 aromatic rings. The van der Waals surface area contributed by atoms with Crippen LogP contribution in [-0.4, -0.2) is 56.9 Å². The molecule has 0 aromatic carbocycles. The first-order valence-electron chi connectivity index (χ1n) is 6.01. The first kappa shape index (κ1) is 11.3. The highest BCUT2D eigenvalue weighted by Crippen LogP contribution is 2.20. The fourth-order valence-electron chi connectivity index (χ4n) is 2.61. The molecule has 2 aliphatic rings. The second kappa shape index (κ2) is 5.25. The third-order valence-corrected chi connectivity index (χ3v) is 3.59. The number of hydrogen-bond acceptors (Lipinski definition) is 4. The first-order chi connectivity index (χ1) is 7.25. The van der Waals surface area contributed by atoms with Crippen LogP contribution in [0.1, 0.15) is 12.8 Å². The number of morpholine rings is 1. The van der Waals surface area contributed by atoms with Crippen LogP contribution in [0.3, 0.4) is 0 Å². The molecular formula is C11H23N3O. The van der Waals surface area contributed by atoms with E-state index in [4.69, 9.17) is 10.5 Å². The monoisotopic (exact) mass is 213 g/mol. The fraction of sp³-hybridized carbons (Fsp3) is 1.00. The summed E-state index contributed by atoms with van der Waals surface area (Å²) < 4.78 is 5.44. The third kappa shape index (κ3) is 3.14. The predicted octanol–water partition coefficient (Wildman–Crippen LogP) is -0.356. The van der Waals surface area contributed by atoms with Gasteiger partial charge >= 0.3 is 0 Å². The van der Waals surface area contributed by atoms with E-state index in [1.807, 2.05) is 0 Å². The van der Waals surface area contributed by atoms with E-state index in [1.165, 1.54) is 13.0 Å². The number of nitrogens with zero attached hydrogens (tertiary/aromatic N) is 1. The van der Waals surface area contributed by atoms with E-state index in [-0.39, 0.29) is 0 Å². The Morgan fingerprint density at radius 3 is 3.07 bits per heavy atom. The summed E-state index contributed by atoms with van der Waals surface area (Å²) in [6.45, 7) is 5.01. The largest absolute Gasteiger partial charge is 0.379 e. The van der Waals surface area contributed by atoms with Crippen molar-refractivity contribution in [3.8, 4) is 0 Å². The minimum absolute atomic E-state index is 0.328. The first-order valence-corrected chi connectivity index (χ1v) is 6.01. The van der Waals surface area contributed by atoms with E-state index >= 15 is 0 Å². The van der Waals surface area contributed by atoms with E-state index in [2.05, 4.69) is 17.3 Å². The van der Waals surface area contributed by atoms with Crippen LogP contribution in [0.15, 0.2) is 0 Å². The highest BCUT2D eigenvalue weighted by Gasteiger charge is 2.27. The lowest BCUT2D eigenvalue weighted by molar-refractivity contribution is 0.0699. The minimum atomic E-state index is 0.328. The second-order valence-electron chi connectivity index (χ2n) is 4.94. The minimum Gasteiger partial charge on any atom is -0.379 e. The van der Waals surface area contributed by atoms with Crippen molar-refractivity contribution in [1.82, 2.24) is 10.2 Å². The van der Waals surface area contributed by atoms with Crippen LogP contribution in [0.2, 0.25) is 0 Å². The van der Waals surface area contributed by atoms with E-state index in [9.17, 15) is 0 Å². The summed E-state index contributed by atoms with van der Waals surface area (Å²) in [7, 11) is 2.18. The zero-order chi connectivity index (χ0) is 10.7. The standard InChI is InChI=1S/C11H23N3O/c1-14-4-2-9(7-14)11(12)6-10-8-15-5-3-13-10/h9-11,13H,2-8,12H2,1H3. The Balaban J connectivity index is 1.73. The lowest BCUT2D eigenvalue weighted by Crippen LogP contribution is -2.46. The molecule has 0 spiro atoms. The molecule has 3 N–H and O–H groups in total. The van der Waals surface area contributed by atoms with Gasteiger partial charge in [0.15, 0.2) is 0 Å². The molecule has 3 unspecified atom stereocenters. The maximum absolute atomic E-state index is 6.25. The van der Waals surface area contributed by atoms with Crippen molar-refractivity contribution in [2.75, 3.05) is 39.9 Å². The number of hydrogen-bond donors (Lipinski definition) is 2. The molecule has 2 saturated heterocycles. The van der Waals surface area contributed by atoms with Gasteiger partial charge in [-0.25, -0.2) is 0 Å². The van der Waals surface area contributed by atoms with Gasteiger partial charge in [0.05, 0.1) is 13.2 Å². The van der Waals surface area contributed by atoms with Gasteiger partial charge < -0.3 is 20.7 Å². The highest BCUT2D eigenvalue weighted by atomic mass is 16.5. The maximum atomic E-state index is 6.25. The summed E-state index contributed by atoms with van der Waals surface area (Å²) >= 11 is 0. The average Bonchev–Trinajstić information content (AvgIpc) is 2.66. The molecule has 0 amide bonds.